The highest BCUT2D eigenvalue weighted by Crippen LogP contribution is 2.35. The number of methoxy groups -OCH3 is 1. The number of aryl methyl sites for hydroxylation is 1. The number of thioether (sulfide) groups is 1. The normalized spacial score (nSPS) is 14.6. The van der Waals surface area contributed by atoms with Crippen LogP contribution in [0.25, 0.3) is 6.08 Å². The number of rotatable bonds is 8. The van der Waals surface area contributed by atoms with Crippen molar-refractivity contribution in [1.29, 1.82) is 0 Å². The zero-order valence-corrected chi connectivity index (χ0v) is 22.5. The molecule has 0 bridgehead atoms. The van der Waals surface area contributed by atoms with E-state index < -0.39 is 33.7 Å². The second kappa shape index (κ2) is 11.3. The summed E-state index contributed by atoms with van der Waals surface area (Å²) in [6, 6.07) is 17.0. The third-order valence-corrected chi connectivity index (χ3v) is 7.76. The second-order valence-corrected chi connectivity index (χ2v) is 11.0. The Hall–Kier alpha value is -3.80. The molecule has 4 rings (SSSR count). The molecule has 12 heteroatoms. The number of benzene rings is 3. The molecule has 0 unspecified atom stereocenters. The van der Waals surface area contributed by atoms with Crippen molar-refractivity contribution in [2.24, 2.45) is 0 Å². The first-order valence-electron chi connectivity index (χ1n) is 11.1. The van der Waals surface area contributed by atoms with Crippen molar-refractivity contribution in [3.8, 4) is 11.5 Å². The third kappa shape index (κ3) is 6.18. The molecule has 9 nitrogen and oxygen atoms in total. The molecule has 3 aromatic rings. The van der Waals surface area contributed by atoms with Crippen LogP contribution in [0.3, 0.4) is 0 Å². The molecule has 3 aromatic carbocycles. The van der Waals surface area contributed by atoms with Gasteiger partial charge in [-0.1, -0.05) is 41.9 Å². The smallest absolute Gasteiger partial charge is 0.339 e. The van der Waals surface area contributed by atoms with Crippen molar-refractivity contribution >= 4 is 62.3 Å². The highest BCUT2D eigenvalue weighted by Gasteiger charge is 2.36. The van der Waals surface area contributed by atoms with Gasteiger partial charge in [-0.2, -0.15) is 8.42 Å². The van der Waals surface area contributed by atoms with E-state index in [0.29, 0.717) is 28.0 Å². The van der Waals surface area contributed by atoms with Crippen molar-refractivity contribution in [3.05, 3.63) is 87.8 Å². The molecule has 0 atom stereocenters. The summed E-state index contributed by atoms with van der Waals surface area (Å²) in [6.45, 7) is 1.32. The van der Waals surface area contributed by atoms with E-state index in [4.69, 9.17) is 20.5 Å². The number of nitrogens with one attached hydrogen (secondary N) is 1. The standard InChI is InChI=1S/C26H21ClN2O7S2/c1-16-8-10-18(27)14-20(16)28-24(30)15-29-25(31)23(37-26(29)32)13-17-9-11-21(22(12-17)35-2)36-38(33,34)19-6-4-3-5-7-19/h3-14H,15H2,1-2H3,(H,28,30)/b23-13-. The lowest BCUT2D eigenvalue weighted by molar-refractivity contribution is -0.127. The van der Waals surface area contributed by atoms with E-state index in [0.717, 1.165) is 10.5 Å². The van der Waals surface area contributed by atoms with Gasteiger partial charge in [-0.15, -0.1) is 0 Å². The predicted molar refractivity (Wildman–Crippen MR) is 145 cm³/mol. The molecule has 0 radical (unpaired) electrons. The van der Waals surface area contributed by atoms with Gasteiger partial charge in [0.05, 0.1) is 12.0 Å². The summed E-state index contributed by atoms with van der Waals surface area (Å²) in [5.74, 6) is -1.13. The molecule has 1 aliphatic rings. The number of nitrogens with zero attached hydrogens (tertiary/aromatic N) is 1. The molecular formula is C26H21ClN2O7S2. The molecule has 0 spiro atoms. The van der Waals surface area contributed by atoms with E-state index in [1.807, 2.05) is 0 Å². The minimum atomic E-state index is -4.09. The Labute approximate surface area is 228 Å². The van der Waals surface area contributed by atoms with E-state index in [-0.39, 0.29) is 21.3 Å². The maximum Gasteiger partial charge on any atom is 0.339 e. The highest BCUT2D eigenvalue weighted by atomic mass is 35.5. The fourth-order valence-corrected chi connectivity index (χ4v) is 5.42. The number of hydrogen-bond acceptors (Lipinski definition) is 8. The van der Waals surface area contributed by atoms with Crippen molar-refractivity contribution in [2.45, 2.75) is 11.8 Å². The number of hydrogen-bond donors (Lipinski definition) is 1. The van der Waals surface area contributed by atoms with Gasteiger partial charge in [-0.05, 0) is 72.3 Å². The number of carbonyl (C=O) groups is 3. The number of anilines is 1. The Balaban J connectivity index is 1.49. The predicted octanol–water partition coefficient (Wildman–Crippen LogP) is 5.10. The van der Waals surface area contributed by atoms with Crippen LogP contribution in [0.2, 0.25) is 5.02 Å². The van der Waals surface area contributed by atoms with Crippen LogP contribution in [-0.4, -0.2) is 44.0 Å². The van der Waals surface area contributed by atoms with Gasteiger partial charge in [-0.25, -0.2) is 0 Å². The number of carbonyl (C=O) groups excluding carboxylic acids is 3. The largest absolute Gasteiger partial charge is 0.493 e. The van der Waals surface area contributed by atoms with Gasteiger partial charge in [0.25, 0.3) is 11.1 Å². The average Bonchev–Trinajstić information content (AvgIpc) is 3.14. The summed E-state index contributed by atoms with van der Waals surface area (Å²) in [4.78, 5) is 38.8. The van der Waals surface area contributed by atoms with Crippen LogP contribution in [0.4, 0.5) is 10.5 Å². The Morgan fingerprint density at radius 3 is 2.50 bits per heavy atom. The van der Waals surface area contributed by atoms with Crippen LogP contribution >= 0.6 is 23.4 Å². The van der Waals surface area contributed by atoms with E-state index in [1.165, 1.54) is 43.5 Å². The number of ether oxygens (including phenoxy) is 1. The topological polar surface area (TPSA) is 119 Å². The van der Waals surface area contributed by atoms with Crippen LogP contribution in [0, 0.1) is 6.92 Å². The van der Waals surface area contributed by atoms with Crippen molar-refractivity contribution in [3.63, 3.8) is 0 Å². The van der Waals surface area contributed by atoms with E-state index in [9.17, 15) is 22.8 Å². The lowest BCUT2D eigenvalue weighted by Gasteiger charge is -2.14. The van der Waals surface area contributed by atoms with Gasteiger partial charge in [0, 0.05) is 10.7 Å². The quantitative estimate of drug-likeness (QED) is 0.292. The SMILES string of the molecule is COc1cc(/C=C2\SC(=O)N(CC(=O)Nc3cc(Cl)ccc3C)C2=O)ccc1OS(=O)(=O)c1ccccc1. The van der Waals surface area contributed by atoms with E-state index >= 15 is 0 Å². The molecule has 1 aliphatic heterocycles. The van der Waals surface area contributed by atoms with E-state index in [1.54, 1.807) is 43.3 Å². The minimum Gasteiger partial charge on any atom is -0.493 e. The number of imide groups is 1. The first-order valence-corrected chi connectivity index (χ1v) is 13.7. The van der Waals surface area contributed by atoms with Gasteiger partial charge in [0.15, 0.2) is 11.5 Å². The molecule has 1 fully saturated rings. The molecule has 1 heterocycles. The van der Waals surface area contributed by atoms with Gasteiger partial charge >= 0.3 is 10.1 Å². The van der Waals surface area contributed by atoms with Crippen molar-refractivity contribution in [1.82, 2.24) is 4.90 Å². The van der Waals surface area contributed by atoms with Crippen molar-refractivity contribution < 1.29 is 31.7 Å². The Kier molecular flexibility index (Phi) is 8.10. The lowest BCUT2D eigenvalue weighted by Crippen LogP contribution is -2.36. The first-order chi connectivity index (χ1) is 18.1. The number of halogens is 1. The van der Waals surface area contributed by atoms with Crippen LogP contribution < -0.4 is 14.2 Å². The summed E-state index contributed by atoms with van der Waals surface area (Å²) in [5.41, 5.74) is 1.71. The second-order valence-electron chi connectivity index (χ2n) is 8.04. The van der Waals surface area contributed by atoms with Crippen LogP contribution in [0.15, 0.2) is 76.5 Å². The van der Waals surface area contributed by atoms with E-state index in [2.05, 4.69) is 5.32 Å². The van der Waals surface area contributed by atoms with Crippen LogP contribution in [0.5, 0.6) is 11.5 Å². The van der Waals surface area contributed by atoms with Crippen LogP contribution in [0.1, 0.15) is 11.1 Å². The summed E-state index contributed by atoms with van der Waals surface area (Å²) >= 11 is 6.66. The molecule has 38 heavy (non-hydrogen) atoms. The molecule has 1 saturated heterocycles. The fourth-order valence-electron chi connectivity index (χ4n) is 3.45. The average molecular weight is 573 g/mol. The Morgan fingerprint density at radius 2 is 1.79 bits per heavy atom. The first kappa shape index (κ1) is 27.2. The monoisotopic (exact) mass is 572 g/mol. The number of amides is 3. The molecule has 196 valence electrons. The van der Waals surface area contributed by atoms with Crippen LogP contribution in [-0.2, 0) is 19.7 Å². The summed E-state index contributed by atoms with van der Waals surface area (Å²) in [5, 5.41) is 2.50. The summed E-state index contributed by atoms with van der Waals surface area (Å²) in [7, 11) is -2.75. The minimum absolute atomic E-state index is 0.0191. The van der Waals surface area contributed by atoms with Crippen molar-refractivity contribution in [2.75, 3.05) is 19.0 Å². The zero-order chi connectivity index (χ0) is 27.4. The maximum absolute atomic E-state index is 12.9. The van der Waals surface area contributed by atoms with Gasteiger partial charge in [0.2, 0.25) is 5.91 Å². The maximum atomic E-state index is 12.9. The molecule has 0 aromatic heterocycles. The Morgan fingerprint density at radius 1 is 1.05 bits per heavy atom. The summed E-state index contributed by atoms with van der Waals surface area (Å²) < 4.78 is 35.7. The van der Waals surface area contributed by atoms with Gasteiger partial charge < -0.3 is 14.2 Å². The zero-order valence-electron chi connectivity index (χ0n) is 20.1. The van der Waals surface area contributed by atoms with Gasteiger partial charge in [-0.3, -0.25) is 19.3 Å². The molecule has 0 aliphatic carbocycles. The molecule has 3 amide bonds. The Bertz CT molecular complexity index is 1560. The third-order valence-electron chi connectivity index (χ3n) is 5.37. The fraction of sp³-hybridized carbons (Fsp3) is 0.115. The lowest BCUT2D eigenvalue weighted by atomic mass is 10.2. The highest BCUT2D eigenvalue weighted by molar-refractivity contribution is 8.18. The molecular weight excluding hydrogens is 552 g/mol. The molecule has 1 N–H and O–H groups in total. The van der Waals surface area contributed by atoms with Gasteiger partial charge in [0.1, 0.15) is 11.4 Å². The molecule has 0 saturated carbocycles. The summed E-state index contributed by atoms with van der Waals surface area (Å²) in [6.07, 6.45) is 1.45.